The molecule has 0 aromatic heterocycles. The minimum Gasteiger partial charge on any atom is -0.397 e. The van der Waals surface area contributed by atoms with E-state index >= 15 is 0 Å². The number of rotatable bonds is 2. The molecule has 0 radical (unpaired) electrons. The molecular weight excluding hydrogens is 270 g/mol. The first-order valence-electron chi connectivity index (χ1n) is 7.51. The van der Waals surface area contributed by atoms with Gasteiger partial charge in [-0.1, -0.05) is 12.8 Å². The lowest BCUT2D eigenvalue weighted by atomic mass is 9.71. The highest BCUT2D eigenvalue weighted by molar-refractivity contribution is 5.71. The average molecular weight is 291 g/mol. The van der Waals surface area contributed by atoms with Gasteiger partial charge in [0, 0.05) is 31.1 Å². The third-order valence-corrected chi connectivity index (χ3v) is 4.99. The van der Waals surface area contributed by atoms with Crippen LogP contribution in [0.15, 0.2) is 18.2 Å². The van der Waals surface area contributed by atoms with Gasteiger partial charge in [-0.05, 0) is 25.3 Å². The molecule has 2 unspecified atom stereocenters. The number of aliphatic hydroxyl groups is 1. The Morgan fingerprint density at radius 3 is 2.90 bits per heavy atom. The van der Waals surface area contributed by atoms with Gasteiger partial charge >= 0.3 is 0 Å². The quantitative estimate of drug-likeness (QED) is 0.495. The van der Waals surface area contributed by atoms with Gasteiger partial charge in [0.15, 0.2) is 0 Å². The lowest BCUT2D eigenvalue weighted by Gasteiger charge is -2.48. The van der Waals surface area contributed by atoms with E-state index in [1.165, 1.54) is 12.1 Å². The van der Waals surface area contributed by atoms with Gasteiger partial charge in [0.05, 0.1) is 21.9 Å². The molecule has 2 atom stereocenters. The molecule has 0 amide bonds. The van der Waals surface area contributed by atoms with Crippen LogP contribution >= 0.6 is 0 Å². The second-order valence-corrected chi connectivity index (χ2v) is 6.24. The number of benzene rings is 1. The fourth-order valence-electron chi connectivity index (χ4n) is 3.73. The Bertz CT molecular complexity index is 563. The molecule has 3 N–H and O–H groups in total. The number of nitro groups is 1. The lowest BCUT2D eigenvalue weighted by molar-refractivity contribution is -0.384. The normalized spacial score (nSPS) is 29.0. The van der Waals surface area contributed by atoms with E-state index in [1.807, 2.05) is 0 Å². The molecule has 1 aromatic rings. The van der Waals surface area contributed by atoms with E-state index in [1.54, 1.807) is 6.07 Å². The molecule has 21 heavy (non-hydrogen) atoms. The van der Waals surface area contributed by atoms with E-state index in [9.17, 15) is 15.2 Å². The molecule has 6 nitrogen and oxygen atoms in total. The molecule has 114 valence electrons. The van der Waals surface area contributed by atoms with Crippen LogP contribution in [0.3, 0.4) is 0 Å². The number of nitrogens with zero attached hydrogens (tertiary/aromatic N) is 2. The summed E-state index contributed by atoms with van der Waals surface area (Å²) in [5.74, 6) is 0.273. The summed E-state index contributed by atoms with van der Waals surface area (Å²) in [6, 6.07) is 4.63. The number of anilines is 2. The Balaban J connectivity index is 1.81. The third-order valence-electron chi connectivity index (χ3n) is 4.99. The van der Waals surface area contributed by atoms with Crippen molar-refractivity contribution in [3.63, 3.8) is 0 Å². The Labute approximate surface area is 123 Å². The summed E-state index contributed by atoms with van der Waals surface area (Å²) in [6.45, 7) is 1.52. The topological polar surface area (TPSA) is 92.6 Å². The molecule has 0 bridgehead atoms. The van der Waals surface area contributed by atoms with Crippen LogP contribution in [0.4, 0.5) is 17.1 Å². The summed E-state index contributed by atoms with van der Waals surface area (Å²) < 4.78 is 0. The van der Waals surface area contributed by atoms with Crippen molar-refractivity contribution in [3.05, 3.63) is 28.3 Å². The molecule has 1 aliphatic heterocycles. The lowest BCUT2D eigenvalue weighted by Crippen LogP contribution is -2.53. The third kappa shape index (κ3) is 2.55. The number of piperidine rings is 1. The van der Waals surface area contributed by atoms with Crippen LogP contribution in [0, 0.1) is 16.0 Å². The maximum absolute atomic E-state index is 10.8. The van der Waals surface area contributed by atoms with Crippen molar-refractivity contribution in [1.29, 1.82) is 0 Å². The smallest absolute Gasteiger partial charge is 0.271 e. The Morgan fingerprint density at radius 1 is 1.38 bits per heavy atom. The average Bonchev–Trinajstić information content (AvgIpc) is 2.46. The summed E-state index contributed by atoms with van der Waals surface area (Å²) in [7, 11) is 0. The Morgan fingerprint density at radius 2 is 2.19 bits per heavy atom. The van der Waals surface area contributed by atoms with Crippen molar-refractivity contribution in [2.75, 3.05) is 23.7 Å². The van der Waals surface area contributed by atoms with Gasteiger partial charge < -0.3 is 15.7 Å². The highest BCUT2D eigenvalue weighted by Crippen LogP contribution is 2.42. The minimum atomic E-state index is -0.524. The highest BCUT2D eigenvalue weighted by atomic mass is 16.6. The number of fused-ring (bicyclic) bond motifs is 1. The first-order chi connectivity index (χ1) is 9.99. The molecule has 3 rings (SSSR count). The predicted octanol–water partition coefficient (Wildman–Crippen LogP) is 2.31. The standard InChI is InChI=1S/C15H21N3O3/c16-13-9-12(18(20)21)4-5-14(13)17-8-7-15(19)6-2-1-3-11(15)10-17/h4-5,9,11,19H,1-3,6-8,10,16H2. The van der Waals surface area contributed by atoms with E-state index in [0.29, 0.717) is 5.69 Å². The largest absolute Gasteiger partial charge is 0.397 e. The molecule has 6 heteroatoms. The van der Waals surface area contributed by atoms with Gasteiger partial charge in [-0.2, -0.15) is 0 Å². The fourth-order valence-corrected chi connectivity index (χ4v) is 3.73. The summed E-state index contributed by atoms with van der Waals surface area (Å²) in [5, 5.41) is 21.5. The molecule has 1 saturated heterocycles. The van der Waals surface area contributed by atoms with Crippen molar-refractivity contribution in [3.8, 4) is 0 Å². The molecule has 1 heterocycles. The Hall–Kier alpha value is -1.82. The summed E-state index contributed by atoms with van der Waals surface area (Å²) in [6.07, 6.45) is 4.94. The van der Waals surface area contributed by atoms with Crippen LogP contribution in [-0.2, 0) is 0 Å². The number of hydrogen-bond acceptors (Lipinski definition) is 5. The van der Waals surface area contributed by atoms with Crippen LogP contribution < -0.4 is 10.6 Å². The van der Waals surface area contributed by atoms with Crippen molar-refractivity contribution in [2.45, 2.75) is 37.7 Å². The molecule has 2 aliphatic rings. The van der Waals surface area contributed by atoms with E-state index in [-0.39, 0.29) is 11.6 Å². The van der Waals surface area contributed by atoms with Crippen LogP contribution in [-0.4, -0.2) is 28.7 Å². The highest BCUT2D eigenvalue weighted by Gasteiger charge is 2.43. The zero-order valence-corrected chi connectivity index (χ0v) is 12.0. The van der Waals surface area contributed by atoms with Crippen molar-refractivity contribution in [1.82, 2.24) is 0 Å². The first-order valence-corrected chi connectivity index (χ1v) is 7.51. The number of nitro benzene ring substituents is 1. The van der Waals surface area contributed by atoms with Crippen LogP contribution in [0.5, 0.6) is 0 Å². The minimum absolute atomic E-state index is 0.0161. The summed E-state index contributed by atoms with van der Waals surface area (Å²) in [4.78, 5) is 12.5. The van der Waals surface area contributed by atoms with Gasteiger partial charge in [-0.25, -0.2) is 0 Å². The van der Waals surface area contributed by atoms with Gasteiger partial charge in [0.1, 0.15) is 0 Å². The van der Waals surface area contributed by atoms with Gasteiger partial charge in [-0.3, -0.25) is 10.1 Å². The van der Waals surface area contributed by atoms with Gasteiger partial charge in [0.25, 0.3) is 5.69 Å². The Kier molecular flexibility index (Phi) is 3.49. The van der Waals surface area contributed by atoms with Crippen molar-refractivity contribution in [2.24, 2.45) is 5.92 Å². The number of nitrogens with two attached hydrogens (primary N) is 1. The zero-order chi connectivity index (χ0) is 15.0. The molecule has 2 fully saturated rings. The molecule has 1 aromatic carbocycles. The molecule has 1 aliphatic carbocycles. The maximum Gasteiger partial charge on any atom is 0.271 e. The van der Waals surface area contributed by atoms with Crippen LogP contribution in [0.25, 0.3) is 0 Å². The predicted molar refractivity (Wildman–Crippen MR) is 81.2 cm³/mol. The summed E-state index contributed by atoms with van der Waals surface area (Å²) >= 11 is 0. The summed E-state index contributed by atoms with van der Waals surface area (Å²) in [5.41, 5.74) is 6.75. The monoisotopic (exact) mass is 291 g/mol. The van der Waals surface area contributed by atoms with E-state index < -0.39 is 10.5 Å². The number of hydrogen-bond donors (Lipinski definition) is 2. The SMILES string of the molecule is Nc1cc([N+](=O)[O-])ccc1N1CCC2(O)CCCCC2C1. The zero-order valence-electron chi connectivity index (χ0n) is 12.0. The second kappa shape index (κ2) is 5.18. The van der Waals surface area contributed by atoms with Crippen molar-refractivity contribution >= 4 is 17.1 Å². The second-order valence-electron chi connectivity index (χ2n) is 6.24. The number of non-ortho nitro benzene ring substituents is 1. The fraction of sp³-hybridized carbons (Fsp3) is 0.600. The number of nitrogen functional groups attached to an aromatic ring is 1. The molecule has 1 saturated carbocycles. The van der Waals surface area contributed by atoms with E-state index in [0.717, 1.165) is 50.9 Å². The molecular formula is C15H21N3O3. The van der Waals surface area contributed by atoms with E-state index in [2.05, 4.69) is 4.90 Å². The van der Waals surface area contributed by atoms with Crippen LogP contribution in [0.1, 0.15) is 32.1 Å². The molecule has 0 spiro atoms. The van der Waals surface area contributed by atoms with Gasteiger partial charge in [-0.15, -0.1) is 0 Å². The van der Waals surface area contributed by atoms with Crippen molar-refractivity contribution < 1.29 is 10.0 Å². The first kappa shape index (κ1) is 14.1. The maximum atomic E-state index is 10.8. The van der Waals surface area contributed by atoms with E-state index in [4.69, 9.17) is 5.73 Å². The van der Waals surface area contributed by atoms with Crippen LogP contribution in [0.2, 0.25) is 0 Å². The van der Waals surface area contributed by atoms with Gasteiger partial charge in [0.2, 0.25) is 0 Å².